The molecule has 0 radical (unpaired) electrons. The Bertz CT molecular complexity index is 1520. The number of cyclic esters (lactones) is 1. The number of hydrogen-bond donors (Lipinski definition) is 0. The van der Waals surface area contributed by atoms with Crippen LogP contribution < -0.4 is 9.47 Å². The molecule has 194 valence electrons. The van der Waals surface area contributed by atoms with E-state index in [9.17, 15) is 25.0 Å². The van der Waals surface area contributed by atoms with E-state index >= 15 is 0 Å². The number of aliphatic imine (C=N–C) groups is 1. The lowest BCUT2D eigenvalue weighted by Crippen LogP contribution is -2.06. The molecule has 0 aliphatic carbocycles. The third kappa shape index (κ3) is 5.98. The lowest BCUT2D eigenvalue weighted by atomic mass is 10.1. The van der Waals surface area contributed by atoms with Gasteiger partial charge in [0.25, 0.3) is 11.4 Å². The second-order valence-electron chi connectivity index (χ2n) is 7.74. The average molecular weight is 603 g/mol. The van der Waals surface area contributed by atoms with E-state index in [2.05, 4.69) is 20.9 Å². The highest BCUT2D eigenvalue weighted by molar-refractivity contribution is 9.10. The van der Waals surface area contributed by atoms with Crippen molar-refractivity contribution in [1.29, 1.82) is 0 Å². The van der Waals surface area contributed by atoms with Crippen molar-refractivity contribution in [1.82, 2.24) is 0 Å². The number of hydrogen-bond acceptors (Lipinski definition) is 9. The minimum atomic E-state index is -0.727. The Hall–Kier alpha value is -4.29. The van der Waals surface area contributed by atoms with Crippen LogP contribution in [0.1, 0.15) is 23.6 Å². The summed E-state index contributed by atoms with van der Waals surface area (Å²) in [6, 6.07) is 13.1. The molecule has 3 aromatic carbocycles. The first-order valence-corrected chi connectivity index (χ1v) is 12.1. The minimum absolute atomic E-state index is 0.0126. The molecule has 0 amide bonds. The number of carbonyl (C=O) groups is 1. The zero-order chi connectivity index (χ0) is 27.4. The van der Waals surface area contributed by atoms with Gasteiger partial charge in [-0.3, -0.25) is 20.2 Å². The van der Waals surface area contributed by atoms with Gasteiger partial charge in [-0.15, -0.1) is 0 Å². The summed E-state index contributed by atoms with van der Waals surface area (Å²) < 4.78 is 17.4. The topological polar surface area (TPSA) is 143 Å². The van der Waals surface area contributed by atoms with Crippen molar-refractivity contribution in [2.45, 2.75) is 13.5 Å². The highest BCUT2D eigenvalue weighted by Crippen LogP contribution is 2.38. The van der Waals surface area contributed by atoms with Crippen LogP contribution in [0.4, 0.5) is 11.4 Å². The van der Waals surface area contributed by atoms with E-state index in [4.69, 9.17) is 25.8 Å². The van der Waals surface area contributed by atoms with Gasteiger partial charge in [0.2, 0.25) is 5.90 Å². The Morgan fingerprint density at radius 1 is 1.05 bits per heavy atom. The summed E-state index contributed by atoms with van der Waals surface area (Å²) in [5, 5.41) is 22.0. The van der Waals surface area contributed by atoms with Gasteiger partial charge in [-0.2, -0.15) is 0 Å². The van der Waals surface area contributed by atoms with Gasteiger partial charge in [-0.25, -0.2) is 9.79 Å². The first kappa shape index (κ1) is 26.8. The van der Waals surface area contributed by atoms with Crippen molar-refractivity contribution in [2.24, 2.45) is 4.99 Å². The van der Waals surface area contributed by atoms with E-state index in [1.807, 2.05) is 0 Å². The second kappa shape index (κ2) is 11.4. The zero-order valence-corrected chi connectivity index (χ0v) is 21.9. The second-order valence-corrected chi connectivity index (χ2v) is 9.00. The van der Waals surface area contributed by atoms with Crippen LogP contribution in [0, 0.1) is 20.2 Å². The number of carbonyl (C=O) groups excluding carboxylic acids is 1. The van der Waals surface area contributed by atoms with E-state index in [0.717, 1.165) is 6.07 Å². The first-order valence-electron chi connectivity index (χ1n) is 11.0. The van der Waals surface area contributed by atoms with Crippen LogP contribution in [0.15, 0.2) is 69.8 Å². The van der Waals surface area contributed by atoms with Gasteiger partial charge in [-0.1, -0.05) is 23.7 Å². The number of ether oxygens (including phenoxy) is 3. The highest BCUT2D eigenvalue weighted by Gasteiger charge is 2.27. The number of rotatable bonds is 9. The van der Waals surface area contributed by atoms with E-state index in [0.29, 0.717) is 33.7 Å². The summed E-state index contributed by atoms with van der Waals surface area (Å²) in [6.07, 6.45) is 1.48. The van der Waals surface area contributed by atoms with Crippen molar-refractivity contribution in [3.05, 3.63) is 107 Å². The molecule has 0 unspecified atom stereocenters. The molecule has 13 heteroatoms. The predicted molar refractivity (Wildman–Crippen MR) is 141 cm³/mol. The van der Waals surface area contributed by atoms with Gasteiger partial charge in [0.15, 0.2) is 17.2 Å². The maximum absolute atomic E-state index is 12.5. The minimum Gasteiger partial charge on any atom is -0.490 e. The molecule has 38 heavy (non-hydrogen) atoms. The summed E-state index contributed by atoms with van der Waals surface area (Å²) in [6.45, 7) is 2.17. The van der Waals surface area contributed by atoms with E-state index in [1.54, 1.807) is 31.2 Å². The zero-order valence-electron chi connectivity index (χ0n) is 19.6. The molecular weight excluding hydrogens is 586 g/mol. The molecular formula is C25H17BrClN3O8. The monoisotopic (exact) mass is 601 g/mol. The van der Waals surface area contributed by atoms with Crippen LogP contribution in [0.25, 0.3) is 6.08 Å². The maximum Gasteiger partial charge on any atom is 0.363 e. The molecule has 3 aromatic rings. The van der Waals surface area contributed by atoms with Crippen LogP contribution in [0.3, 0.4) is 0 Å². The largest absolute Gasteiger partial charge is 0.490 e. The Morgan fingerprint density at radius 2 is 1.79 bits per heavy atom. The predicted octanol–water partition coefficient (Wildman–Crippen LogP) is 6.24. The fourth-order valence-electron chi connectivity index (χ4n) is 3.46. The molecule has 1 aliphatic heterocycles. The fourth-order valence-corrected chi connectivity index (χ4v) is 4.29. The number of halogens is 2. The standard InChI is InChI=1S/C25H17BrClN3O8/c1-2-36-22-11-15(9-19(26)23(22)37-13-14-4-3-5-16(8-14)29(32)33)10-21-25(31)38-24(28-21)18-7-6-17(30(34)35)12-20(18)27/h3-12H,2,13H2,1H3/b21-10-. The van der Waals surface area contributed by atoms with E-state index < -0.39 is 15.8 Å². The Morgan fingerprint density at radius 3 is 2.47 bits per heavy atom. The molecule has 1 aliphatic rings. The highest BCUT2D eigenvalue weighted by atomic mass is 79.9. The molecule has 11 nitrogen and oxygen atoms in total. The van der Waals surface area contributed by atoms with Crippen molar-refractivity contribution in [3.8, 4) is 11.5 Å². The molecule has 0 spiro atoms. The number of nitrogens with zero attached hydrogens (tertiary/aromatic N) is 3. The quantitative estimate of drug-likeness (QED) is 0.121. The molecule has 0 saturated heterocycles. The summed E-state index contributed by atoms with van der Waals surface area (Å²) in [4.78, 5) is 37.6. The first-order chi connectivity index (χ1) is 18.2. The van der Waals surface area contributed by atoms with Crippen LogP contribution in [0.5, 0.6) is 11.5 Å². The van der Waals surface area contributed by atoms with Gasteiger partial charge in [0.1, 0.15) is 6.61 Å². The number of nitro groups is 2. The Balaban J connectivity index is 1.61. The molecule has 0 aromatic heterocycles. The van der Waals surface area contributed by atoms with Gasteiger partial charge in [0.05, 0.1) is 31.5 Å². The average Bonchev–Trinajstić information content (AvgIpc) is 3.23. The molecule has 0 N–H and O–H groups in total. The van der Waals surface area contributed by atoms with E-state index in [1.165, 1.54) is 30.3 Å². The van der Waals surface area contributed by atoms with Gasteiger partial charge in [-0.05, 0) is 58.3 Å². The smallest absolute Gasteiger partial charge is 0.363 e. The molecule has 0 bridgehead atoms. The summed E-state index contributed by atoms with van der Waals surface area (Å²) >= 11 is 9.59. The maximum atomic E-state index is 12.5. The normalized spacial score (nSPS) is 13.7. The summed E-state index contributed by atoms with van der Waals surface area (Å²) in [5.41, 5.74) is 1.09. The third-order valence-corrected chi connectivity index (χ3v) is 6.06. The van der Waals surface area contributed by atoms with Crippen molar-refractivity contribution in [2.75, 3.05) is 6.61 Å². The van der Waals surface area contributed by atoms with E-state index in [-0.39, 0.29) is 40.2 Å². The van der Waals surface area contributed by atoms with Crippen LogP contribution >= 0.6 is 27.5 Å². The molecule has 0 atom stereocenters. The number of esters is 1. The Labute approximate surface area is 228 Å². The van der Waals surface area contributed by atoms with Crippen molar-refractivity contribution in [3.63, 3.8) is 0 Å². The van der Waals surface area contributed by atoms with Crippen molar-refractivity contribution < 1.29 is 28.9 Å². The molecule has 1 heterocycles. The fraction of sp³-hybridized carbons (Fsp3) is 0.120. The third-order valence-electron chi connectivity index (χ3n) is 5.15. The van der Waals surface area contributed by atoms with Crippen LogP contribution in [-0.4, -0.2) is 28.3 Å². The van der Waals surface area contributed by atoms with Gasteiger partial charge >= 0.3 is 5.97 Å². The van der Waals surface area contributed by atoms with Gasteiger partial charge in [0, 0.05) is 24.3 Å². The SMILES string of the molecule is CCOc1cc(/C=C2\N=C(c3ccc([N+](=O)[O-])cc3Cl)OC2=O)cc(Br)c1OCc1cccc([N+](=O)[O-])c1. The van der Waals surface area contributed by atoms with Crippen LogP contribution in [0.2, 0.25) is 5.02 Å². The number of nitro benzene ring substituents is 2. The van der Waals surface area contributed by atoms with Gasteiger partial charge < -0.3 is 14.2 Å². The van der Waals surface area contributed by atoms with Crippen molar-refractivity contribution >= 4 is 56.8 Å². The summed E-state index contributed by atoms with van der Waals surface area (Å²) in [7, 11) is 0. The summed E-state index contributed by atoms with van der Waals surface area (Å²) in [5.74, 6) is -0.0684. The number of non-ortho nitro benzene ring substituents is 2. The molecule has 0 fully saturated rings. The lowest BCUT2D eigenvalue weighted by Gasteiger charge is -2.15. The van der Waals surface area contributed by atoms with Crippen LogP contribution in [-0.2, 0) is 16.1 Å². The number of benzene rings is 3. The molecule has 4 rings (SSSR count). The Kier molecular flexibility index (Phi) is 8.03. The lowest BCUT2D eigenvalue weighted by molar-refractivity contribution is -0.385. The molecule has 0 saturated carbocycles.